The minimum atomic E-state index is -0.471. The van der Waals surface area contributed by atoms with Crippen LogP contribution >= 0.6 is 22.6 Å². The Morgan fingerprint density at radius 1 is 0.891 bits per heavy atom. The first kappa shape index (κ1) is 31.0. The maximum atomic E-state index is 12.7. The van der Waals surface area contributed by atoms with Gasteiger partial charge in [0.1, 0.15) is 24.7 Å². The molecular weight excluding hydrogens is 693 g/mol. The van der Waals surface area contributed by atoms with Crippen molar-refractivity contribution in [2.75, 3.05) is 7.11 Å². The van der Waals surface area contributed by atoms with Gasteiger partial charge in [0, 0.05) is 17.1 Å². The molecule has 1 N–H and O–H groups in total. The van der Waals surface area contributed by atoms with Gasteiger partial charge < -0.3 is 23.2 Å². The number of nitrogens with one attached hydrogen (secondary N) is 1. The molecule has 8 nitrogen and oxygen atoms in total. The lowest BCUT2D eigenvalue weighted by Crippen LogP contribution is -2.16. The molecule has 0 spiro atoms. The molecule has 0 radical (unpaired) electrons. The van der Waals surface area contributed by atoms with Gasteiger partial charge in [-0.25, -0.2) is 5.43 Å². The van der Waals surface area contributed by atoms with Crippen molar-refractivity contribution in [1.82, 2.24) is 9.99 Å². The van der Waals surface area contributed by atoms with Crippen LogP contribution in [0.5, 0.6) is 17.2 Å². The van der Waals surface area contributed by atoms with Crippen molar-refractivity contribution >= 4 is 45.5 Å². The SMILES string of the molecule is COc1cc(/C=N/NC(=O)c2ccc(COc3ccc(-n4c(C)ccc4C)cc3)o2)cc(I)c1OCc1cccc2ccccc12. The van der Waals surface area contributed by atoms with Gasteiger partial charge in [0.2, 0.25) is 0 Å². The number of aromatic nitrogens is 1. The summed E-state index contributed by atoms with van der Waals surface area (Å²) in [6.45, 7) is 4.73. The molecule has 0 atom stereocenters. The topological polar surface area (TPSA) is 87.2 Å². The van der Waals surface area contributed by atoms with Crippen LogP contribution in [0.2, 0.25) is 0 Å². The molecule has 0 bridgehead atoms. The number of amides is 1. The Morgan fingerprint density at radius 2 is 1.65 bits per heavy atom. The van der Waals surface area contributed by atoms with Crippen molar-refractivity contribution in [2.24, 2.45) is 5.10 Å². The molecular formula is C37H32IN3O5. The molecule has 4 aromatic carbocycles. The Hall–Kier alpha value is -5.03. The first-order chi connectivity index (χ1) is 22.4. The lowest BCUT2D eigenvalue weighted by atomic mass is 10.1. The predicted octanol–water partition coefficient (Wildman–Crippen LogP) is 8.38. The highest BCUT2D eigenvalue weighted by Gasteiger charge is 2.14. The normalized spacial score (nSPS) is 11.2. The number of fused-ring (bicyclic) bond motifs is 1. The van der Waals surface area contributed by atoms with Crippen LogP contribution in [0.15, 0.2) is 113 Å². The van der Waals surface area contributed by atoms with E-state index >= 15 is 0 Å². The summed E-state index contributed by atoms with van der Waals surface area (Å²) in [6.07, 6.45) is 1.55. The summed E-state index contributed by atoms with van der Waals surface area (Å²) in [6, 6.07) is 33.5. The Labute approximate surface area is 280 Å². The maximum Gasteiger partial charge on any atom is 0.307 e. The van der Waals surface area contributed by atoms with Gasteiger partial charge in [0.25, 0.3) is 0 Å². The van der Waals surface area contributed by atoms with Crippen molar-refractivity contribution in [3.05, 3.63) is 141 Å². The van der Waals surface area contributed by atoms with E-state index in [0.29, 0.717) is 29.6 Å². The maximum absolute atomic E-state index is 12.7. The van der Waals surface area contributed by atoms with Crippen LogP contribution in [0.1, 0.15) is 38.8 Å². The molecule has 0 aliphatic rings. The van der Waals surface area contributed by atoms with E-state index in [-0.39, 0.29) is 12.4 Å². The number of carbonyl (C=O) groups is 1. The molecule has 0 saturated carbocycles. The molecule has 1 amide bonds. The highest BCUT2D eigenvalue weighted by atomic mass is 127. The summed E-state index contributed by atoms with van der Waals surface area (Å²) in [5.74, 6) is 2.10. The number of nitrogens with zero attached hydrogens (tertiary/aromatic N) is 2. The molecule has 2 aromatic heterocycles. The van der Waals surface area contributed by atoms with Crippen molar-refractivity contribution in [2.45, 2.75) is 27.1 Å². The lowest BCUT2D eigenvalue weighted by molar-refractivity contribution is 0.0923. The molecule has 0 saturated heterocycles. The van der Waals surface area contributed by atoms with Gasteiger partial charge in [-0.2, -0.15) is 5.10 Å². The zero-order valence-corrected chi connectivity index (χ0v) is 27.8. The van der Waals surface area contributed by atoms with Gasteiger partial charge in [0.15, 0.2) is 17.3 Å². The van der Waals surface area contributed by atoms with Crippen molar-refractivity contribution in [1.29, 1.82) is 0 Å². The summed E-state index contributed by atoms with van der Waals surface area (Å²) >= 11 is 2.21. The molecule has 0 unspecified atom stereocenters. The number of halogens is 1. The van der Waals surface area contributed by atoms with Crippen LogP contribution in [-0.4, -0.2) is 23.8 Å². The van der Waals surface area contributed by atoms with E-state index in [0.717, 1.165) is 31.2 Å². The molecule has 232 valence electrons. The van der Waals surface area contributed by atoms with Crippen LogP contribution < -0.4 is 19.6 Å². The quantitative estimate of drug-likeness (QED) is 0.0825. The Balaban J connectivity index is 1.04. The number of hydrogen-bond donors (Lipinski definition) is 1. The Kier molecular flexibility index (Phi) is 9.39. The molecule has 6 aromatic rings. The summed E-state index contributed by atoms with van der Waals surface area (Å²) in [5, 5.41) is 6.43. The first-order valence-electron chi connectivity index (χ1n) is 14.7. The number of furan rings is 1. The third-order valence-corrected chi connectivity index (χ3v) is 8.32. The fourth-order valence-electron chi connectivity index (χ4n) is 5.24. The van der Waals surface area contributed by atoms with E-state index in [1.54, 1.807) is 25.5 Å². The largest absolute Gasteiger partial charge is 0.493 e. The third-order valence-electron chi connectivity index (χ3n) is 7.52. The zero-order chi connectivity index (χ0) is 32.0. The van der Waals surface area contributed by atoms with Crippen LogP contribution in [0, 0.1) is 17.4 Å². The first-order valence-corrected chi connectivity index (χ1v) is 15.7. The average Bonchev–Trinajstić information content (AvgIpc) is 3.69. The molecule has 0 aliphatic heterocycles. The number of rotatable bonds is 11. The molecule has 46 heavy (non-hydrogen) atoms. The van der Waals surface area contributed by atoms with Crippen molar-refractivity contribution in [3.8, 4) is 22.9 Å². The van der Waals surface area contributed by atoms with Crippen LogP contribution in [0.25, 0.3) is 16.5 Å². The van der Waals surface area contributed by atoms with Gasteiger partial charge in [0.05, 0.1) is 16.9 Å². The summed E-state index contributed by atoms with van der Waals surface area (Å²) in [5.41, 5.74) is 7.75. The number of aryl methyl sites for hydroxylation is 2. The molecule has 0 fully saturated rings. The van der Waals surface area contributed by atoms with Gasteiger partial charge in [-0.05, 0) is 119 Å². The van der Waals surface area contributed by atoms with Gasteiger partial charge in [-0.1, -0.05) is 42.5 Å². The Bertz CT molecular complexity index is 2000. The smallest absolute Gasteiger partial charge is 0.307 e. The van der Waals surface area contributed by atoms with Crippen LogP contribution in [0.3, 0.4) is 0 Å². The number of hydrogen-bond acceptors (Lipinski definition) is 6. The van der Waals surface area contributed by atoms with Gasteiger partial charge in [-0.15, -0.1) is 0 Å². The van der Waals surface area contributed by atoms with E-state index in [1.165, 1.54) is 11.4 Å². The van der Waals surface area contributed by atoms with Gasteiger partial charge in [-0.3, -0.25) is 4.79 Å². The minimum absolute atomic E-state index is 0.133. The molecule has 6 rings (SSSR count). The molecule has 0 aliphatic carbocycles. The fraction of sp³-hybridized carbons (Fsp3) is 0.135. The number of carbonyl (C=O) groups excluding carboxylic acids is 1. The Morgan fingerprint density at radius 3 is 2.43 bits per heavy atom. The van der Waals surface area contributed by atoms with Crippen molar-refractivity contribution < 1.29 is 23.4 Å². The second kappa shape index (κ2) is 13.9. The van der Waals surface area contributed by atoms with Gasteiger partial charge >= 0.3 is 5.91 Å². The number of methoxy groups -OCH3 is 1. The van der Waals surface area contributed by atoms with E-state index in [9.17, 15) is 4.79 Å². The molecule has 2 heterocycles. The fourth-order valence-corrected chi connectivity index (χ4v) is 6.02. The van der Waals surface area contributed by atoms with Crippen molar-refractivity contribution in [3.63, 3.8) is 0 Å². The highest BCUT2D eigenvalue weighted by Crippen LogP contribution is 2.34. The minimum Gasteiger partial charge on any atom is -0.493 e. The predicted molar refractivity (Wildman–Crippen MR) is 187 cm³/mol. The van der Waals surface area contributed by atoms with E-state index < -0.39 is 5.91 Å². The lowest BCUT2D eigenvalue weighted by Gasteiger charge is -2.14. The summed E-state index contributed by atoms with van der Waals surface area (Å²) in [4.78, 5) is 12.7. The van der Waals surface area contributed by atoms with Crippen LogP contribution in [-0.2, 0) is 13.2 Å². The number of hydrazone groups is 1. The zero-order valence-electron chi connectivity index (χ0n) is 25.6. The number of benzene rings is 4. The third kappa shape index (κ3) is 6.94. The summed E-state index contributed by atoms with van der Waals surface area (Å²) < 4.78 is 26.4. The number of ether oxygens (including phenoxy) is 3. The van der Waals surface area contributed by atoms with E-state index in [1.807, 2.05) is 54.6 Å². The molecule has 9 heteroatoms. The van der Waals surface area contributed by atoms with Crippen LogP contribution in [0.4, 0.5) is 0 Å². The second-order valence-electron chi connectivity index (χ2n) is 10.7. The highest BCUT2D eigenvalue weighted by molar-refractivity contribution is 14.1. The monoisotopic (exact) mass is 725 g/mol. The second-order valence-corrected chi connectivity index (χ2v) is 11.8. The standard InChI is InChI=1S/C37H32IN3O5/c1-24-11-12-25(2)41(24)29-13-15-30(16-14-29)44-23-31-17-18-34(46-31)37(42)40-39-21-26-19-33(38)36(35(20-26)43-3)45-22-28-9-6-8-27-7-4-5-10-32(27)28/h4-21H,22-23H2,1-3H3,(H,40,42)/b39-21+. The average molecular weight is 726 g/mol. The van der Waals surface area contributed by atoms with E-state index in [4.69, 9.17) is 18.6 Å². The summed E-state index contributed by atoms with van der Waals surface area (Å²) in [7, 11) is 1.59. The van der Waals surface area contributed by atoms with E-state index in [2.05, 4.69) is 87.9 Å².